The Morgan fingerprint density at radius 2 is 1.90 bits per heavy atom. The molecule has 2 N–H and O–H groups in total. The number of fused-ring (bicyclic) bond motifs is 2. The first-order valence-corrected chi connectivity index (χ1v) is 11.0. The number of rotatable bonds is 8. The van der Waals surface area contributed by atoms with E-state index in [2.05, 4.69) is 15.0 Å². The monoisotopic (exact) mass is 409 g/mol. The molecule has 1 atom stereocenters. The van der Waals surface area contributed by atoms with Crippen molar-refractivity contribution >= 4 is 31.8 Å². The van der Waals surface area contributed by atoms with Crippen LogP contribution in [0.4, 0.5) is 0 Å². The number of nitrogens with zero attached hydrogens (tertiary/aromatic N) is 1. The van der Waals surface area contributed by atoms with E-state index in [1.165, 1.54) is 0 Å². The van der Waals surface area contributed by atoms with Gasteiger partial charge in [0.15, 0.2) is 0 Å². The number of nitrogens with one attached hydrogen (secondary N) is 2. The molecule has 0 bridgehead atoms. The highest BCUT2D eigenvalue weighted by atomic mass is 32.2. The summed E-state index contributed by atoms with van der Waals surface area (Å²) in [6.45, 7) is 3.07. The van der Waals surface area contributed by atoms with Gasteiger partial charge in [0.25, 0.3) is 0 Å². The molecule has 0 spiro atoms. The summed E-state index contributed by atoms with van der Waals surface area (Å²) >= 11 is 0. The van der Waals surface area contributed by atoms with Crippen molar-refractivity contribution in [1.82, 2.24) is 15.0 Å². The van der Waals surface area contributed by atoms with Crippen molar-refractivity contribution in [3.8, 4) is 0 Å². The Bertz CT molecular complexity index is 1200. The van der Waals surface area contributed by atoms with Gasteiger partial charge in [0.2, 0.25) is 10.0 Å². The normalized spacial score (nSPS) is 13.1. The van der Waals surface area contributed by atoms with Gasteiger partial charge in [0.1, 0.15) is 11.3 Å². The van der Waals surface area contributed by atoms with E-state index in [0.29, 0.717) is 13.1 Å². The topological polar surface area (TPSA) is 84.2 Å². The minimum Gasteiger partial charge on any atom is -0.461 e. The smallest absolute Gasteiger partial charge is 0.240 e. The standard InChI is InChI=1S/C22H23N3O3S/c1-16(14-23-11-9-20-12-18-4-2-3-5-22(18)28-20)25-29(26,27)21-7-6-19-15-24-10-8-17(19)13-21/h2-8,10,12-13,15-16,23,25H,9,11,14H2,1H3/t16-/m1/s1. The van der Waals surface area contributed by atoms with E-state index in [4.69, 9.17) is 4.42 Å². The number of aromatic nitrogens is 1. The van der Waals surface area contributed by atoms with Gasteiger partial charge in [0, 0.05) is 48.7 Å². The highest BCUT2D eigenvalue weighted by Crippen LogP contribution is 2.19. The molecule has 0 aliphatic rings. The van der Waals surface area contributed by atoms with Gasteiger partial charge in [-0.3, -0.25) is 4.98 Å². The second-order valence-corrected chi connectivity index (χ2v) is 8.83. The summed E-state index contributed by atoms with van der Waals surface area (Å²) in [5.41, 5.74) is 0.884. The fraction of sp³-hybridized carbons (Fsp3) is 0.227. The maximum atomic E-state index is 12.7. The molecule has 0 aliphatic carbocycles. The van der Waals surface area contributed by atoms with Crippen LogP contribution in [0.5, 0.6) is 0 Å². The molecule has 150 valence electrons. The van der Waals surface area contributed by atoms with Crippen molar-refractivity contribution in [2.75, 3.05) is 13.1 Å². The van der Waals surface area contributed by atoms with E-state index in [-0.39, 0.29) is 10.9 Å². The molecule has 0 saturated heterocycles. The molecule has 2 aromatic carbocycles. The number of benzene rings is 2. The fourth-order valence-electron chi connectivity index (χ4n) is 3.29. The average Bonchev–Trinajstić information content (AvgIpc) is 3.13. The van der Waals surface area contributed by atoms with Gasteiger partial charge in [0.05, 0.1) is 4.90 Å². The van der Waals surface area contributed by atoms with Crippen LogP contribution in [0.3, 0.4) is 0 Å². The number of hydrogen-bond acceptors (Lipinski definition) is 5. The average molecular weight is 410 g/mol. The van der Waals surface area contributed by atoms with Gasteiger partial charge in [-0.05, 0) is 42.6 Å². The summed E-state index contributed by atoms with van der Waals surface area (Å²) in [4.78, 5) is 4.30. The molecule has 0 amide bonds. The molecule has 4 aromatic rings. The van der Waals surface area contributed by atoms with Crippen LogP contribution < -0.4 is 10.0 Å². The van der Waals surface area contributed by atoms with E-state index >= 15 is 0 Å². The summed E-state index contributed by atoms with van der Waals surface area (Å²) in [5, 5.41) is 6.13. The Hall–Kier alpha value is -2.74. The maximum Gasteiger partial charge on any atom is 0.240 e. The highest BCUT2D eigenvalue weighted by molar-refractivity contribution is 7.89. The predicted molar refractivity (Wildman–Crippen MR) is 114 cm³/mol. The molecule has 7 heteroatoms. The number of sulfonamides is 1. The van der Waals surface area contributed by atoms with Gasteiger partial charge >= 0.3 is 0 Å². The molecule has 4 rings (SSSR count). The van der Waals surface area contributed by atoms with Gasteiger partial charge in [-0.15, -0.1) is 0 Å². The van der Waals surface area contributed by atoms with Crippen LogP contribution in [-0.2, 0) is 16.4 Å². The number of para-hydroxylation sites is 1. The van der Waals surface area contributed by atoms with Crippen molar-refractivity contribution in [3.63, 3.8) is 0 Å². The van der Waals surface area contributed by atoms with E-state index in [0.717, 1.165) is 33.9 Å². The lowest BCUT2D eigenvalue weighted by molar-refractivity contribution is 0.510. The zero-order valence-corrected chi connectivity index (χ0v) is 16.9. The lowest BCUT2D eigenvalue weighted by Crippen LogP contribution is -2.40. The Balaban J connectivity index is 1.30. The maximum absolute atomic E-state index is 12.7. The van der Waals surface area contributed by atoms with Gasteiger partial charge < -0.3 is 9.73 Å². The first-order chi connectivity index (χ1) is 14.0. The Morgan fingerprint density at radius 3 is 2.76 bits per heavy atom. The zero-order valence-electron chi connectivity index (χ0n) is 16.1. The van der Waals surface area contributed by atoms with Crippen LogP contribution in [0.1, 0.15) is 12.7 Å². The Morgan fingerprint density at radius 1 is 1.03 bits per heavy atom. The quantitative estimate of drug-likeness (QED) is 0.435. The van der Waals surface area contributed by atoms with E-state index < -0.39 is 10.0 Å². The van der Waals surface area contributed by atoms with Crippen LogP contribution in [-0.4, -0.2) is 32.5 Å². The Kier molecular flexibility index (Phi) is 5.62. The second kappa shape index (κ2) is 8.32. The molecular weight excluding hydrogens is 386 g/mol. The molecule has 0 radical (unpaired) electrons. The number of hydrogen-bond donors (Lipinski definition) is 2. The molecule has 0 aliphatic heterocycles. The number of pyridine rings is 1. The third-order valence-electron chi connectivity index (χ3n) is 4.75. The van der Waals surface area contributed by atoms with Crippen LogP contribution >= 0.6 is 0 Å². The molecule has 2 aromatic heterocycles. The predicted octanol–water partition coefficient (Wildman–Crippen LogP) is 3.48. The molecule has 29 heavy (non-hydrogen) atoms. The third kappa shape index (κ3) is 4.64. The van der Waals surface area contributed by atoms with Gasteiger partial charge in [-0.25, -0.2) is 13.1 Å². The number of furan rings is 1. The highest BCUT2D eigenvalue weighted by Gasteiger charge is 2.17. The molecule has 6 nitrogen and oxygen atoms in total. The van der Waals surface area contributed by atoms with Crippen LogP contribution in [0.15, 0.2) is 76.3 Å². The molecular formula is C22H23N3O3S. The lowest BCUT2D eigenvalue weighted by atomic mass is 10.2. The van der Waals surface area contributed by atoms with E-state index in [9.17, 15) is 8.42 Å². The molecule has 0 unspecified atom stereocenters. The summed E-state index contributed by atoms with van der Waals surface area (Å²) in [5.74, 6) is 0.914. The van der Waals surface area contributed by atoms with Crippen LogP contribution in [0, 0.1) is 0 Å². The second-order valence-electron chi connectivity index (χ2n) is 7.11. The van der Waals surface area contributed by atoms with Crippen LogP contribution in [0.25, 0.3) is 21.7 Å². The lowest BCUT2D eigenvalue weighted by Gasteiger charge is -2.15. The minimum absolute atomic E-state index is 0.246. The van der Waals surface area contributed by atoms with E-state index in [1.54, 1.807) is 36.7 Å². The SMILES string of the molecule is C[C@H](CNCCc1cc2ccccc2o1)NS(=O)(=O)c1ccc2cnccc2c1. The summed E-state index contributed by atoms with van der Waals surface area (Å²) in [6.07, 6.45) is 4.11. The van der Waals surface area contributed by atoms with Crippen molar-refractivity contribution in [1.29, 1.82) is 0 Å². The molecule has 0 saturated carbocycles. The Labute approximate surface area is 170 Å². The van der Waals surface area contributed by atoms with Crippen LogP contribution in [0.2, 0.25) is 0 Å². The summed E-state index contributed by atoms with van der Waals surface area (Å²) < 4.78 is 33.9. The third-order valence-corrected chi connectivity index (χ3v) is 6.34. The molecule has 2 heterocycles. The fourth-order valence-corrected chi connectivity index (χ4v) is 4.57. The van der Waals surface area contributed by atoms with Crippen molar-refractivity contribution in [2.45, 2.75) is 24.3 Å². The molecule has 0 fully saturated rings. The van der Waals surface area contributed by atoms with E-state index in [1.807, 2.05) is 37.3 Å². The van der Waals surface area contributed by atoms with Crippen molar-refractivity contribution < 1.29 is 12.8 Å². The summed E-state index contributed by atoms with van der Waals surface area (Å²) in [6, 6.07) is 16.6. The minimum atomic E-state index is -3.59. The summed E-state index contributed by atoms with van der Waals surface area (Å²) in [7, 11) is -3.59. The van der Waals surface area contributed by atoms with Gasteiger partial charge in [-0.2, -0.15) is 0 Å². The first kappa shape index (κ1) is 19.6. The van der Waals surface area contributed by atoms with Crippen molar-refractivity contribution in [3.05, 3.63) is 72.8 Å². The van der Waals surface area contributed by atoms with Crippen molar-refractivity contribution in [2.24, 2.45) is 0 Å². The zero-order chi connectivity index (χ0) is 20.3. The first-order valence-electron chi connectivity index (χ1n) is 9.55. The van der Waals surface area contributed by atoms with Gasteiger partial charge in [-0.1, -0.05) is 24.3 Å². The largest absolute Gasteiger partial charge is 0.461 e.